The predicted molar refractivity (Wildman–Crippen MR) is 74.6 cm³/mol. The van der Waals surface area contributed by atoms with Crippen LogP contribution in [-0.4, -0.2) is 29.9 Å². The summed E-state index contributed by atoms with van der Waals surface area (Å²) in [4.78, 5) is 24.0. The molecule has 2 amide bonds. The predicted octanol–water partition coefficient (Wildman–Crippen LogP) is 0.156. The zero-order valence-corrected chi connectivity index (χ0v) is 11.6. The second-order valence-electron chi connectivity index (χ2n) is 5.09. The van der Waals surface area contributed by atoms with Crippen molar-refractivity contribution in [2.24, 2.45) is 5.73 Å². The number of piperazine rings is 1. The molecule has 18 heavy (non-hydrogen) atoms. The Labute approximate surface area is 115 Å². The first-order valence-corrected chi connectivity index (χ1v) is 6.51. The van der Waals surface area contributed by atoms with Gasteiger partial charge in [-0.2, -0.15) is 13.5 Å². The summed E-state index contributed by atoms with van der Waals surface area (Å²) in [6, 6.07) is -0.361. The molecule has 1 spiro atoms. The van der Waals surface area contributed by atoms with Crippen LogP contribution in [0, 0.1) is 0 Å². The van der Waals surface area contributed by atoms with Crippen molar-refractivity contribution in [1.29, 1.82) is 0 Å². The van der Waals surface area contributed by atoms with E-state index in [4.69, 9.17) is 5.73 Å². The van der Waals surface area contributed by atoms with Crippen molar-refractivity contribution < 1.29 is 9.59 Å². The third-order valence-electron chi connectivity index (χ3n) is 3.82. The van der Waals surface area contributed by atoms with Crippen molar-refractivity contribution in [3.63, 3.8) is 0 Å². The monoisotopic (exact) mass is 273 g/mol. The number of amides is 2. The lowest BCUT2D eigenvalue weighted by atomic mass is 9.91. The molecular weight excluding hydrogens is 250 g/mol. The lowest BCUT2D eigenvalue weighted by Crippen LogP contribution is -2.68. The standard InChI is InChI=1S/C12H21N3O2.H2S/c13-8-4-1-5-9-10(16)15-12(11(17)14-9)6-2-3-7-12;/h9H,1-8,13H2,(H,14,17)(H,15,16);1H2/t9-;/m0./s1. The first kappa shape index (κ1) is 15.3. The molecule has 0 aromatic rings. The molecule has 4 N–H and O–H groups in total. The molecule has 1 saturated heterocycles. The van der Waals surface area contributed by atoms with E-state index in [1.165, 1.54) is 0 Å². The normalized spacial score (nSPS) is 25.5. The second kappa shape index (κ2) is 6.43. The summed E-state index contributed by atoms with van der Waals surface area (Å²) >= 11 is 0. The molecule has 2 fully saturated rings. The fraction of sp³-hybridized carbons (Fsp3) is 0.833. The van der Waals surface area contributed by atoms with E-state index in [2.05, 4.69) is 10.6 Å². The molecule has 2 rings (SSSR count). The van der Waals surface area contributed by atoms with Gasteiger partial charge >= 0.3 is 0 Å². The Bertz CT molecular complexity index is 316. The number of carbonyl (C=O) groups excluding carboxylic acids is 2. The van der Waals surface area contributed by atoms with E-state index < -0.39 is 5.54 Å². The van der Waals surface area contributed by atoms with Gasteiger partial charge in [0.1, 0.15) is 11.6 Å². The molecule has 5 nitrogen and oxygen atoms in total. The number of nitrogens with one attached hydrogen (secondary N) is 2. The Morgan fingerprint density at radius 2 is 1.89 bits per heavy atom. The van der Waals surface area contributed by atoms with Crippen molar-refractivity contribution in [3.05, 3.63) is 0 Å². The summed E-state index contributed by atoms with van der Waals surface area (Å²) in [5.74, 6) is -0.0177. The van der Waals surface area contributed by atoms with Gasteiger partial charge in [-0.15, -0.1) is 0 Å². The average molecular weight is 273 g/mol. The minimum Gasteiger partial charge on any atom is -0.342 e. The molecule has 1 atom stereocenters. The minimum absolute atomic E-state index is 0. The highest BCUT2D eigenvalue weighted by Crippen LogP contribution is 2.31. The summed E-state index contributed by atoms with van der Waals surface area (Å²) in [6.07, 6.45) is 6.05. The van der Waals surface area contributed by atoms with Gasteiger partial charge in [0, 0.05) is 0 Å². The van der Waals surface area contributed by atoms with Crippen molar-refractivity contribution in [2.45, 2.75) is 56.5 Å². The molecule has 1 aliphatic carbocycles. The zero-order chi connectivity index (χ0) is 12.3. The Balaban J connectivity index is 0.00000162. The highest BCUT2D eigenvalue weighted by atomic mass is 32.1. The molecule has 0 unspecified atom stereocenters. The van der Waals surface area contributed by atoms with Crippen molar-refractivity contribution in [3.8, 4) is 0 Å². The maximum absolute atomic E-state index is 12.1. The molecule has 1 aliphatic heterocycles. The number of hydrogen-bond donors (Lipinski definition) is 3. The van der Waals surface area contributed by atoms with E-state index in [-0.39, 0.29) is 31.4 Å². The van der Waals surface area contributed by atoms with Crippen LogP contribution in [0.4, 0.5) is 0 Å². The second-order valence-corrected chi connectivity index (χ2v) is 5.09. The van der Waals surface area contributed by atoms with Crippen molar-refractivity contribution in [1.82, 2.24) is 10.6 Å². The molecule has 0 bridgehead atoms. The Morgan fingerprint density at radius 3 is 2.50 bits per heavy atom. The SMILES string of the molecule is NCCCC[C@@H]1NC(=O)C2(CCCC2)NC1=O.S. The molecule has 104 valence electrons. The van der Waals surface area contributed by atoms with E-state index in [0.29, 0.717) is 13.0 Å². The van der Waals surface area contributed by atoms with Gasteiger partial charge in [-0.1, -0.05) is 12.8 Å². The van der Waals surface area contributed by atoms with Crippen molar-refractivity contribution in [2.75, 3.05) is 6.54 Å². The van der Waals surface area contributed by atoms with E-state index in [9.17, 15) is 9.59 Å². The highest BCUT2D eigenvalue weighted by molar-refractivity contribution is 7.59. The summed E-state index contributed by atoms with van der Waals surface area (Å²) in [5, 5.41) is 5.80. The van der Waals surface area contributed by atoms with Gasteiger partial charge in [0.2, 0.25) is 11.8 Å². The molecule has 0 aromatic heterocycles. The van der Waals surface area contributed by atoms with Crippen LogP contribution in [0.15, 0.2) is 0 Å². The minimum atomic E-state index is -0.596. The molecule has 2 aliphatic rings. The van der Waals surface area contributed by atoms with Crippen molar-refractivity contribution >= 4 is 25.3 Å². The topological polar surface area (TPSA) is 84.2 Å². The molecule has 1 saturated carbocycles. The molecular formula is C12H23N3O2S. The number of carbonyl (C=O) groups is 2. The quantitative estimate of drug-likeness (QED) is 0.638. The van der Waals surface area contributed by atoms with Crippen LogP contribution in [-0.2, 0) is 9.59 Å². The lowest BCUT2D eigenvalue weighted by molar-refractivity contribution is -0.141. The van der Waals surface area contributed by atoms with Gasteiger partial charge < -0.3 is 16.4 Å². The first-order valence-electron chi connectivity index (χ1n) is 6.51. The van der Waals surface area contributed by atoms with Gasteiger partial charge in [0.25, 0.3) is 0 Å². The van der Waals surface area contributed by atoms with E-state index in [1.807, 2.05) is 0 Å². The Morgan fingerprint density at radius 1 is 1.22 bits per heavy atom. The molecule has 0 aromatic carbocycles. The number of nitrogens with two attached hydrogens (primary N) is 1. The first-order chi connectivity index (χ1) is 8.18. The van der Waals surface area contributed by atoms with Crippen LogP contribution in [0.3, 0.4) is 0 Å². The number of unbranched alkanes of at least 4 members (excludes halogenated alkanes) is 1. The molecule has 6 heteroatoms. The van der Waals surface area contributed by atoms with Crippen LogP contribution in [0.5, 0.6) is 0 Å². The zero-order valence-electron chi connectivity index (χ0n) is 10.6. The van der Waals surface area contributed by atoms with Gasteiger partial charge in [0.05, 0.1) is 0 Å². The fourth-order valence-corrected chi connectivity index (χ4v) is 2.77. The average Bonchev–Trinajstić information content (AvgIpc) is 2.75. The van der Waals surface area contributed by atoms with Gasteiger partial charge in [-0.05, 0) is 38.6 Å². The maximum Gasteiger partial charge on any atom is 0.246 e. The van der Waals surface area contributed by atoms with Crippen LogP contribution in [0.25, 0.3) is 0 Å². The smallest absolute Gasteiger partial charge is 0.246 e. The summed E-state index contributed by atoms with van der Waals surface area (Å²) in [5.41, 5.74) is 4.82. The summed E-state index contributed by atoms with van der Waals surface area (Å²) < 4.78 is 0. The molecule has 1 heterocycles. The fourth-order valence-electron chi connectivity index (χ4n) is 2.77. The van der Waals surface area contributed by atoms with Gasteiger partial charge in [-0.25, -0.2) is 0 Å². The lowest BCUT2D eigenvalue weighted by Gasteiger charge is -2.37. The number of hydrogen-bond acceptors (Lipinski definition) is 3. The largest absolute Gasteiger partial charge is 0.342 e. The number of rotatable bonds is 4. The van der Waals surface area contributed by atoms with E-state index in [0.717, 1.165) is 38.5 Å². The van der Waals surface area contributed by atoms with Crippen LogP contribution < -0.4 is 16.4 Å². The highest BCUT2D eigenvalue weighted by Gasteiger charge is 2.47. The Hall–Kier alpha value is -0.750. The summed E-state index contributed by atoms with van der Waals surface area (Å²) in [6.45, 7) is 0.631. The van der Waals surface area contributed by atoms with Crippen LogP contribution in [0.1, 0.15) is 44.9 Å². The van der Waals surface area contributed by atoms with E-state index in [1.54, 1.807) is 0 Å². The molecule has 0 radical (unpaired) electrons. The van der Waals surface area contributed by atoms with Gasteiger partial charge in [-0.3, -0.25) is 9.59 Å². The Kier molecular flexibility index (Phi) is 5.47. The maximum atomic E-state index is 12.1. The third kappa shape index (κ3) is 2.98. The summed E-state index contributed by atoms with van der Waals surface area (Å²) in [7, 11) is 0. The third-order valence-corrected chi connectivity index (χ3v) is 3.82. The van der Waals surface area contributed by atoms with Crippen LogP contribution in [0.2, 0.25) is 0 Å². The van der Waals surface area contributed by atoms with Crippen LogP contribution >= 0.6 is 13.5 Å². The van der Waals surface area contributed by atoms with Gasteiger partial charge in [0.15, 0.2) is 0 Å². The van der Waals surface area contributed by atoms with E-state index >= 15 is 0 Å².